The summed E-state index contributed by atoms with van der Waals surface area (Å²) in [5.41, 5.74) is -2.97. The van der Waals surface area contributed by atoms with Gasteiger partial charge >= 0.3 is 70.9 Å². The standard InChI is InChI=1S/C12H15N3O9.2Na/c1-7-13-6-8(15(22)23)14(7)2-3-24-10(18)5-12(21,11(19)20)4-9(16)17;;/h6,21H,2-5H2,1H3,(H,16,17)(H,19,20);;/q;2*+1/p-2. The molecule has 14 heteroatoms. The van der Waals surface area contributed by atoms with Crippen molar-refractivity contribution in [3.8, 4) is 0 Å². The van der Waals surface area contributed by atoms with Crippen LogP contribution in [0.4, 0.5) is 5.82 Å². The first kappa shape index (κ1) is 27.2. The molecule has 1 heterocycles. The summed E-state index contributed by atoms with van der Waals surface area (Å²) in [5.74, 6) is -5.31. The molecule has 0 aromatic carbocycles. The van der Waals surface area contributed by atoms with Crippen molar-refractivity contribution in [3.63, 3.8) is 0 Å². The number of nitro groups is 1. The number of imidazole rings is 1. The zero-order valence-corrected chi connectivity index (χ0v) is 18.5. The Morgan fingerprint density at radius 3 is 2.35 bits per heavy atom. The molecular formula is C12H13N3Na2O9. The fraction of sp³-hybridized carbons (Fsp3) is 0.500. The summed E-state index contributed by atoms with van der Waals surface area (Å²) in [7, 11) is 0. The van der Waals surface area contributed by atoms with Crippen LogP contribution in [0.3, 0.4) is 0 Å². The molecule has 0 bridgehead atoms. The quantitative estimate of drug-likeness (QED) is 0.184. The largest absolute Gasteiger partial charge is 1.00 e. The van der Waals surface area contributed by atoms with E-state index in [0.717, 1.165) is 10.8 Å². The molecule has 0 aliphatic heterocycles. The Morgan fingerprint density at radius 1 is 1.31 bits per heavy atom. The second kappa shape index (κ2) is 11.6. The van der Waals surface area contributed by atoms with Crippen LogP contribution in [0.25, 0.3) is 0 Å². The number of ether oxygens (including phenoxy) is 1. The van der Waals surface area contributed by atoms with Crippen molar-refractivity contribution in [3.05, 3.63) is 22.1 Å². The smallest absolute Gasteiger partial charge is 0.550 e. The molecule has 26 heavy (non-hydrogen) atoms. The van der Waals surface area contributed by atoms with Gasteiger partial charge in [0.05, 0.1) is 12.4 Å². The van der Waals surface area contributed by atoms with Crippen molar-refractivity contribution in [2.24, 2.45) is 0 Å². The number of carboxylic acid groups (broad SMARTS) is 2. The molecule has 0 amide bonds. The third-order valence-electron chi connectivity index (χ3n) is 3.05. The number of hydrogen-bond acceptors (Lipinski definition) is 10. The van der Waals surface area contributed by atoms with Gasteiger partial charge in [0.15, 0.2) is 5.82 Å². The molecule has 0 spiro atoms. The topological polar surface area (TPSA) is 188 Å². The van der Waals surface area contributed by atoms with Gasteiger partial charge in [0.25, 0.3) is 0 Å². The number of esters is 1. The first-order valence-corrected chi connectivity index (χ1v) is 6.52. The van der Waals surface area contributed by atoms with Crippen LogP contribution >= 0.6 is 0 Å². The summed E-state index contributed by atoms with van der Waals surface area (Å²) in [6.07, 6.45) is -1.50. The van der Waals surface area contributed by atoms with Crippen molar-refractivity contribution in [2.75, 3.05) is 6.61 Å². The molecule has 1 N–H and O–H groups in total. The Bertz CT molecular complexity index is 679. The number of aromatic nitrogens is 2. The van der Waals surface area contributed by atoms with E-state index in [1.807, 2.05) is 0 Å². The van der Waals surface area contributed by atoms with E-state index in [4.69, 9.17) is 0 Å². The van der Waals surface area contributed by atoms with Gasteiger partial charge in [-0.25, -0.2) is 9.55 Å². The number of aliphatic hydroxyl groups is 1. The molecule has 12 nitrogen and oxygen atoms in total. The Hall–Kier alpha value is -1.02. The average Bonchev–Trinajstić information content (AvgIpc) is 2.79. The first-order valence-electron chi connectivity index (χ1n) is 6.52. The van der Waals surface area contributed by atoms with Crippen molar-refractivity contribution >= 4 is 23.7 Å². The fourth-order valence-electron chi connectivity index (χ4n) is 1.86. The number of nitrogens with zero attached hydrogens (tertiary/aromatic N) is 3. The van der Waals surface area contributed by atoms with Crippen molar-refractivity contribution in [1.82, 2.24) is 9.55 Å². The summed E-state index contributed by atoms with van der Waals surface area (Å²) in [5, 5.41) is 41.5. The van der Waals surface area contributed by atoms with E-state index in [0.29, 0.717) is 5.82 Å². The van der Waals surface area contributed by atoms with E-state index in [2.05, 4.69) is 9.72 Å². The third kappa shape index (κ3) is 7.70. The van der Waals surface area contributed by atoms with Gasteiger partial charge in [-0.1, -0.05) is 0 Å². The molecule has 0 saturated carbocycles. The molecular weight excluding hydrogens is 376 g/mol. The maximum Gasteiger partial charge on any atom is 1.00 e. The molecule has 0 aliphatic rings. The van der Waals surface area contributed by atoms with Gasteiger partial charge in [-0.2, -0.15) is 0 Å². The van der Waals surface area contributed by atoms with Gasteiger partial charge in [-0.3, -0.25) is 4.79 Å². The van der Waals surface area contributed by atoms with E-state index >= 15 is 0 Å². The van der Waals surface area contributed by atoms with Crippen LogP contribution < -0.4 is 69.3 Å². The van der Waals surface area contributed by atoms with E-state index in [1.54, 1.807) is 0 Å². The molecule has 1 aromatic rings. The number of carbonyl (C=O) groups excluding carboxylic acids is 3. The van der Waals surface area contributed by atoms with Crippen molar-refractivity contribution in [2.45, 2.75) is 31.9 Å². The first-order chi connectivity index (χ1) is 11.1. The van der Waals surface area contributed by atoms with Crippen LogP contribution in [0.5, 0.6) is 0 Å². The van der Waals surface area contributed by atoms with E-state index in [-0.39, 0.29) is 78.1 Å². The predicted molar refractivity (Wildman–Crippen MR) is 68.8 cm³/mol. The Morgan fingerprint density at radius 2 is 1.88 bits per heavy atom. The second-order valence-electron chi connectivity index (χ2n) is 4.84. The van der Waals surface area contributed by atoms with Crippen LogP contribution in [0.15, 0.2) is 6.20 Å². The number of aryl methyl sites for hydroxylation is 1. The fourth-order valence-corrected chi connectivity index (χ4v) is 1.86. The number of carboxylic acids is 2. The Balaban J connectivity index is 0. The summed E-state index contributed by atoms with van der Waals surface area (Å²) < 4.78 is 5.81. The maximum atomic E-state index is 11.5. The van der Waals surface area contributed by atoms with Gasteiger partial charge in [-0.05, 0) is 4.92 Å². The SMILES string of the molecule is Cc1ncc([N+](=O)[O-])n1CCOC(=O)CC(O)(CC(=O)[O-])C(=O)[O-].[Na+].[Na+]. The van der Waals surface area contributed by atoms with E-state index < -0.39 is 41.3 Å². The minimum atomic E-state index is -2.97. The molecule has 0 radical (unpaired) electrons. The van der Waals surface area contributed by atoms with Crippen molar-refractivity contribution in [1.29, 1.82) is 0 Å². The Kier molecular flexibility index (Phi) is 12.2. The minimum absolute atomic E-state index is 0. The number of hydrogen-bond donors (Lipinski definition) is 1. The molecule has 132 valence electrons. The second-order valence-corrected chi connectivity index (χ2v) is 4.84. The van der Waals surface area contributed by atoms with Crippen LogP contribution in [0.2, 0.25) is 0 Å². The zero-order chi connectivity index (χ0) is 18.5. The summed E-state index contributed by atoms with van der Waals surface area (Å²) in [6, 6.07) is 0. The van der Waals surface area contributed by atoms with Gasteiger partial charge in [-0.15, -0.1) is 0 Å². The molecule has 0 aliphatic carbocycles. The van der Waals surface area contributed by atoms with Crippen LogP contribution in [-0.4, -0.2) is 49.7 Å². The van der Waals surface area contributed by atoms with Crippen molar-refractivity contribution < 1.29 is 98.5 Å². The Labute approximate surface area is 191 Å². The van der Waals surface area contributed by atoms with Gasteiger partial charge in [0.2, 0.25) is 0 Å². The molecule has 1 atom stereocenters. The average molecular weight is 389 g/mol. The number of aliphatic carboxylic acids is 2. The summed E-state index contributed by atoms with van der Waals surface area (Å²) in [4.78, 5) is 46.5. The van der Waals surface area contributed by atoms with Crippen LogP contribution in [0, 0.1) is 17.0 Å². The van der Waals surface area contributed by atoms with Crippen LogP contribution in [-0.2, 0) is 25.7 Å². The molecule has 1 unspecified atom stereocenters. The van der Waals surface area contributed by atoms with E-state index in [9.17, 15) is 39.8 Å². The van der Waals surface area contributed by atoms with Gasteiger partial charge < -0.3 is 39.8 Å². The van der Waals surface area contributed by atoms with Gasteiger partial charge in [0, 0.05) is 19.3 Å². The molecule has 0 fully saturated rings. The van der Waals surface area contributed by atoms with Crippen LogP contribution in [0.1, 0.15) is 18.7 Å². The minimum Gasteiger partial charge on any atom is -0.550 e. The monoisotopic (exact) mass is 389 g/mol. The number of rotatable bonds is 9. The van der Waals surface area contributed by atoms with Gasteiger partial charge in [0.1, 0.15) is 24.9 Å². The number of carbonyl (C=O) groups is 3. The summed E-state index contributed by atoms with van der Waals surface area (Å²) >= 11 is 0. The zero-order valence-electron chi connectivity index (χ0n) is 14.5. The molecule has 1 rings (SSSR count). The maximum absolute atomic E-state index is 11.5. The molecule has 1 aromatic heterocycles. The third-order valence-corrected chi connectivity index (χ3v) is 3.05. The van der Waals surface area contributed by atoms with E-state index in [1.165, 1.54) is 6.92 Å². The molecule has 0 saturated heterocycles. The summed E-state index contributed by atoms with van der Waals surface area (Å²) in [6.45, 7) is 0.965. The normalized spacial score (nSPS) is 12.1. The predicted octanol–water partition coefficient (Wildman–Crippen LogP) is -9.34.